The lowest BCUT2D eigenvalue weighted by atomic mass is 10.3. The zero-order valence-electron chi connectivity index (χ0n) is 11.3. The van der Waals surface area contributed by atoms with Gasteiger partial charge in [0.1, 0.15) is 5.75 Å². The predicted octanol–water partition coefficient (Wildman–Crippen LogP) is 2.11. The Bertz CT molecular complexity index is 347. The average molecular weight is 249 g/mol. The van der Waals surface area contributed by atoms with Crippen molar-refractivity contribution in [2.45, 2.75) is 20.3 Å². The molecular formula is C14H23N3O. The van der Waals surface area contributed by atoms with Crippen molar-refractivity contribution in [2.75, 3.05) is 26.2 Å². The van der Waals surface area contributed by atoms with E-state index in [0.29, 0.717) is 19.1 Å². The number of benzene rings is 1. The molecule has 0 radical (unpaired) electrons. The standard InChI is InChI=1S/C14H23N3O/c1-3-17(4-2)14(15)16-11-8-12-18-13-9-6-5-7-10-13/h5-7,9-10H,3-4,8,11-12H2,1-2H3,(H2,15,16). The Labute approximate surface area is 109 Å². The van der Waals surface area contributed by atoms with Crippen LogP contribution in [0.3, 0.4) is 0 Å². The van der Waals surface area contributed by atoms with Gasteiger partial charge >= 0.3 is 0 Å². The first-order chi connectivity index (χ1) is 8.77. The maximum atomic E-state index is 5.87. The number of ether oxygens (including phenoxy) is 1. The highest BCUT2D eigenvalue weighted by molar-refractivity contribution is 5.77. The van der Waals surface area contributed by atoms with E-state index in [0.717, 1.165) is 25.3 Å². The van der Waals surface area contributed by atoms with Gasteiger partial charge in [-0.15, -0.1) is 0 Å². The highest BCUT2D eigenvalue weighted by Gasteiger charge is 2.00. The van der Waals surface area contributed by atoms with Crippen LogP contribution in [0.1, 0.15) is 20.3 Å². The average Bonchev–Trinajstić information content (AvgIpc) is 2.41. The Hall–Kier alpha value is -1.71. The van der Waals surface area contributed by atoms with Crippen LogP contribution < -0.4 is 10.5 Å². The van der Waals surface area contributed by atoms with Crippen molar-refractivity contribution in [3.8, 4) is 5.75 Å². The molecule has 0 aliphatic heterocycles. The minimum absolute atomic E-state index is 0.625. The molecule has 2 N–H and O–H groups in total. The van der Waals surface area contributed by atoms with Crippen molar-refractivity contribution in [3.05, 3.63) is 30.3 Å². The maximum absolute atomic E-state index is 5.87. The molecule has 4 nitrogen and oxygen atoms in total. The summed E-state index contributed by atoms with van der Waals surface area (Å²) in [6, 6.07) is 9.81. The summed E-state index contributed by atoms with van der Waals surface area (Å²) in [5.74, 6) is 1.53. The fourth-order valence-corrected chi connectivity index (χ4v) is 1.61. The van der Waals surface area contributed by atoms with E-state index in [1.165, 1.54) is 0 Å². The van der Waals surface area contributed by atoms with Gasteiger partial charge in [-0.1, -0.05) is 18.2 Å². The number of nitrogens with two attached hydrogens (primary N) is 1. The third-order valence-corrected chi connectivity index (χ3v) is 2.68. The van der Waals surface area contributed by atoms with Crippen molar-refractivity contribution in [1.29, 1.82) is 0 Å². The summed E-state index contributed by atoms with van der Waals surface area (Å²) >= 11 is 0. The van der Waals surface area contributed by atoms with Crippen LogP contribution in [0.5, 0.6) is 5.75 Å². The van der Waals surface area contributed by atoms with Crippen LogP contribution in [-0.4, -0.2) is 37.1 Å². The lowest BCUT2D eigenvalue weighted by Crippen LogP contribution is -2.37. The van der Waals surface area contributed by atoms with E-state index >= 15 is 0 Å². The van der Waals surface area contributed by atoms with E-state index < -0.39 is 0 Å². The van der Waals surface area contributed by atoms with Crippen LogP contribution in [-0.2, 0) is 0 Å². The van der Waals surface area contributed by atoms with Crippen molar-refractivity contribution in [2.24, 2.45) is 10.7 Å². The molecule has 0 aromatic heterocycles. The third kappa shape index (κ3) is 5.08. The third-order valence-electron chi connectivity index (χ3n) is 2.68. The van der Waals surface area contributed by atoms with Crippen LogP contribution in [0.2, 0.25) is 0 Å². The first-order valence-corrected chi connectivity index (χ1v) is 6.50. The van der Waals surface area contributed by atoms with Gasteiger partial charge in [-0.25, -0.2) is 0 Å². The normalized spacial score (nSPS) is 11.3. The van der Waals surface area contributed by atoms with Crippen molar-refractivity contribution in [1.82, 2.24) is 4.90 Å². The second-order valence-electron chi connectivity index (χ2n) is 3.93. The molecule has 100 valence electrons. The van der Waals surface area contributed by atoms with E-state index in [2.05, 4.69) is 18.8 Å². The number of para-hydroxylation sites is 1. The SMILES string of the molecule is CCN(CC)C(N)=NCCCOc1ccccc1. The van der Waals surface area contributed by atoms with Gasteiger partial charge in [0.25, 0.3) is 0 Å². The number of nitrogens with zero attached hydrogens (tertiary/aromatic N) is 2. The molecule has 0 aliphatic rings. The topological polar surface area (TPSA) is 50.8 Å². The van der Waals surface area contributed by atoms with Gasteiger partial charge in [0.05, 0.1) is 6.61 Å². The molecule has 18 heavy (non-hydrogen) atoms. The second kappa shape index (κ2) is 8.39. The molecule has 1 rings (SSSR count). The molecule has 0 spiro atoms. The first kappa shape index (κ1) is 14.4. The van der Waals surface area contributed by atoms with E-state index in [1.54, 1.807) is 0 Å². The van der Waals surface area contributed by atoms with Gasteiger partial charge in [0.15, 0.2) is 5.96 Å². The Morgan fingerprint density at radius 1 is 1.22 bits per heavy atom. The molecule has 0 atom stereocenters. The van der Waals surface area contributed by atoms with E-state index in [-0.39, 0.29) is 0 Å². The number of guanidine groups is 1. The number of hydrogen-bond donors (Lipinski definition) is 1. The fourth-order valence-electron chi connectivity index (χ4n) is 1.61. The quantitative estimate of drug-likeness (QED) is 0.457. The zero-order chi connectivity index (χ0) is 13.2. The minimum Gasteiger partial charge on any atom is -0.494 e. The summed E-state index contributed by atoms with van der Waals surface area (Å²) in [5.41, 5.74) is 5.87. The zero-order valence-corrected chi connectivity index (χ0v) is 11.3. The van der Waals surface area contributed by atoms with E-state index in [4.69, 9.17) is 10.5 Å². The number of hydrogen-bond acceptors (Lipinski definition) is 2. The minimum atomic E-state index is 0.625. The largest absolute Gasteiger partial charge is 0.494 e. The molecular weight excluding hydrogens is 226 g/mol. The molecule has 0 fully saturated rings. The fraction of sp³-hybridized carbons (Fsp3) is 0.500. The lowest BCUT2D eigenvalue weighted by molar-refractivity contribution is 0.313. The van der Waals surface area contributed by atoms with Crippen LogP contribution in [0.15, 0.2) is 35.3 Å². The number of rotatable bonds is 7. The van der Waals surface area contributed by atoms with Gasteiger partial charge in [-0.3, -0.25) is 4.99 Å². The molecule has 0 saturated carbocycles. The second-order valence-corrected chi connectivity index (χ2v) is 3.93. The highest BCUT2D eigenvalue weighted by atomic mass is 16.5. The molecule has 1 aromatic rings. The number of aliphatic imine (C=N–C) groups is 1. The summed E-state index contributed by atoms with van der Waals surface area (Å²) < 4.78 is 5.58. The highest BCUT2D eigenvalue weighted by Crippen LogP contribution is 2.08. The summed E-state index contributed by atoms with van der Waals surface area (Å²) in [6.07, 6.45) is 0.872. The van der Waals surface area contributed by atoms with Crippen molar-refractivity contribution >= 4 is 5.96 Å². The van der Waals surface area contributed by atoms with Crippen LogP contribution in [0.4, 0.5) is 0 Å². The monoisotopic (exact) mass is 249 g/mol. The Morgan fingerprint density at radius 3 is 2.50 bits per heavy atom. The maximum Gasteiger partial charge on any atom is 0.191 e. The van der Waals surface area contributed by atoms with E-state index in [9.17, 15) is 0 Å². The summed E-state index contributed by atoms with van der Waals surface area (Å²) in [5, 5.41) is 0. The molecule has 0 heterocycles. The lowest BCUT2D eigenvalue weighted by Gasteiger charge is -2.19. The first-order valence-electron chi connectivity index (χ1n) is 6.50. The Kier molecular flexibility index (Phi) is 6.69. The smallest absolute Gasteiger partial charge is 0.191 e. The van der Waals surface area contributed by atoms with Crippen LogP contribution in [0.25, 0.3) is 0 Å². The summed E-state index contributed by atoms with van der Waals surface area (Å²) in [4.78, 5) is 6.38. The molecule has 4 heteroatoms. The molecule has 0 unspecified atom stereocenters. The van der Waals surface area contributed by atoms with Crippen molar-refractivity contribution < 1.29 is 4.74 Å². The Balaban J connectivity index is 2.20. The van der Waals surface area contributed by atoms with E-state index in [1.807, 2.05) is 35.2 Å². The molecule has 0 saturated heterocycles. The van der Waals surface area contributed by atoms with Crippen LogP contribution >= 0.6 is 0 Å². The van der Waals surface area contributed by atoms with Crippen LogP contribution in [0, 0.1) is 0 Å². The van der Waals surface area contributed by atoms with Crippen molar-refractivity contribution in [3.63, 3.8) is 0 Å². The summed E-state index contributed by atoms with van der Waals surface area (Å²) in [7, 11) is 0. The predicted molar refractivity (Wildman–Crippen MR) is 76.0 cm³/mol. The molecule has 0 amide bonds. The molecule has 0 bridgehead atoms. The van der Waals surface area contributed by atoms with Gasteiger partial charge in [-0.05, 0) is 26.0 Å². The van der Waals surface area contributed by atoms with Gasteiger partial charge in [0.2, 0.25) is 0 Å². The van der Waals surface area contributed by atoms with Gasteiger partial charge < -0.3 is 15.4 Å². The molecule has 1 aromatic carbocycles. The van der Waals surface area contributed by atoms with Gasteiger partial charge in [-0.2, -0.15) is 0 Å². The molecule has 0 aliphatic carbocycles. The summed E-state index contributed by atoms with van der Waals surface area (Å²) in [6.45, 7) is 7.31. The van der Waals surface area contributed by atoms with Gasteiger partial charge in [0, 0.05) is 26.1 Å². The Morgan fingerprint density at radius 2 is 1.89 bits per heavy atom.